The number of nitrogens with two attached hydrogens (primary N) is 1. The monoisotopic (exact) mass is 314 g/mol. The zero-order valence-electron chi connectivity index (χ0n) is 12.7. The zero-order valence-corrected chi connectivity index (χ0v) is 13.5. The Morgan fingerprint density at radius 1 is 1.48 bits per heavy atom. The van der Waals surface area contributed by atoms with Crippen LogP contribution in [0.2, 0.25) is 0 Å². The van der Waals surface area contributed by atoms with E-state index in [-0.39, 0.29) is 6.10 Å². The SMILES string of the molecule is CCOC(=O)c1sc(N2CCCC(OC)C2)c(OC)c1N. The molecule has 0 aromatic carbocycles. The minimum Gasteiger partial charge on any atom is -0.492 e. The number of ether oxygens (including phenoxy) is 3. The van der Waals surface area contributed by atoms with Gasteiger partial charge < -0.3 is 24.8 Å². The fraction of sp³-hybridized carbons (Fsp3) is 0.643. The highest BCUT2D eigenvalue weighted by atomic mass is 32.1. The molecule has 2 heterocycles. The van der Waals surface area contributed by atoms with Crippen molar-refractivity contribution in [3.05, 3.63) is 4.88 Å². The van der Waals surface area contributed by atoms with Crippen molar-refractivity contribution in [3.63, 3.8) is 0 Å². The molecule has 0 spiro atoms. The zero-order chi connectivity index (χ0) is 15.4. The van der Waals surface area contributed by atoms with E-state index in [2.05, 4.69) is 4.90 Å². The van der Waals surface area contributed by atoms with Gasteiger partial charge in [0.15, 0.2) is 5.75 Å². The van der Waals surface area contributed by atoms with Gasteiger partial charge in [-0.05, 0) is 19.8 Å². The summed E-state index contributed by atoms with van der Waals surface area (Å²) in [5, 5.41) is 0.875. The summed E-state index contributed by atoms with van der Waals surface area (Å²) in [6.07, 6.45) is 2.27. The van der Waals surface area contributed by atoms with E-state index in [1.165, 1.54) is 11.3 Å². The van der Waals surface area contributed by atoms with Crippen LogP contribution >= 0.6 is 11.3 Å². The van der Waals surface area contributed by atoms with Gasteiger partial charge in [0.05, 0.1) is 19.8 Å². The van der Waals surface area contributed by atoms with Crippen LogP contribution in [0.1, 0.15) is 29.4 Å². The lowest BCUT2D eigenvalue weighted by molar-refractivity contribution is 0.0533. The fourth-order valence-corrected chi connectivity index (χ4v) is 3.60. The van der Waals surface area contributed by atoms with Gasteiger partial charge in [-0.2, -0.15) is 0 Å². The quantitative estimate of drug-likeness (QED) is 0.839. The molecular formula is C14H22N2O4S. The Morgan fingerprint density at radius 3 is 2.86 bits per heavy atom. The highest BCUT2D eigenvalue weighted by Crippen LogP contribution is 2.45. The standard InChI is InChI=1S/C14H22N2O4S/c1-4-20-14(17)12-10(15)11(19-3)13(21-12)16-7-5-6-9(8-16)18-2/h9H,4-8,15H2,1-3H3. The van der Waals surface area contributed by atoms with Crippen molar-refractivity contribution in [2.45, 2.75) is 25.9 Å². The molecule has 1 aliphatic rings. The number of carbonyl (C=O) groups excluding carboxylic acids is 1. The van der Waals surface area contributed by atoms with Gasteiger partial charge in [0.1, 0.15) is 15.6 Å². The third-order valence-electron chi connectivity index (χ3n) is 3.55. The number of carbonyl (C=O) groups is 1. The molecule has 2 N–H and O–H groups in total. The minimum atomic E-state index is -0.398. The van der Waals surface area contributed by atoms with Gasteiger partial charge >= 0.3 is 5.97 Å². The number of hydrogen-bond acceptors (Lipinski definition) is 7. The molecule has 1 atom stereocenters. The summed E-state index contributed by atoms with van der Waals surface area (Å²) >= 11 is 1.32. The highest BCUT2D eigenvalue weighted by molar-refractivity contribution is 7.19. The van der Waals surface area contributed by atoms with Crippen molar-refractivity contribution in [1.82, 2.24) is 0 Å². The van der Waals surface area contributed by atoms with Gasteiger partial charge in [-0.1, -0.05) is 0 Å². The lowest BCUT2D eigenvalue weighted by Crippen LogP contribution is -2.38. The smallest absolute Gasteiger partial charge is 0.350 e. The van der Waals surface area contributed by atoms with E-state index in [1.54, 1.807) is 21.1 Å². The molecule has 21 heavy (non-hydrogen) atoms. The van der Waals surface area contributed by atoms with Crippen LogP contribution in [0.4, 0.5) is 10.7 Å². The largest absolute Gasteiger partial charge is 0.492 e. The molecule has 118 valence electrons. The number of methoxy groups -OCH3 is 2. The Bertz CT molecular complexity index is 503. The molecule has 1 aromatic heterocycles. The predicted octanol–water partition coefficient (Wildman–Crippen LogP) is 2.13. The maximum atomic E-state index is 12.0. The lowest BCUT2D eigenvalue weighted by Gasteiger charge is -2.32. The molecule has 7 heteroatoms. The van der Waals surface area contributed by atoms with Gasteiger partial charge in [-0.25, -0.2) is 4.79 Å². The first-order valence-corrected chi connectivity index (χ1v) is 7.85. The average Bonchev–Trinajstić information content (AvgIpc) is 2.84. The number of thiophene rings is 1. The summed E-state index contributed by atoms with van der Waals surface area (Å²) in [7, 11) is 3.28. The van der Waals surface area contributed by atoms with Gasteiger partial charge in [0, 0.05) is 20.2 Å². The van der Waals surface area contributed by atoms with Gasteiger partial charge in [0.2, 0.25) is 0 Å². The molecule has 0 bridgehead atoms. The van der Waals surface area contributed by atoms with Gasteiger partial charge in [-0.15, -0.1) is 11.3 Å². The van der Waals surface area contributed by atoms with E-state index in [0.29, 0.717) is 22.9 Å². The minimum absolute atomic E-state index is 0.192. The van der Waals surface area contributed by atoms with Gasteiger partial charge in [-0.3, -0.25) is 0 Å². The van der Waals surface area contributed by atoms with Crippen LogP contribution in [0, 0.1) is 0 Å². The van der Waals surface area contributed by atoms with Crippen LogP contribution in [-0.4, -0.2) is 46.0 Å². The maximum absolute atomic E-state index is 12.0. The Balaban J connectivity index is 2.30. The van der Waals surface area contributed by atoms with Crippen molar-refractivity contribution >= 4 is 28.0 Å². The van der Waals surface area contributed by atoms with E-state index in [0.717, 1.165) is 30.9 Å². The second kappa shape index (κ2) is 7.00. The summed E-state index contributed by atoms with van der Waals surface area (Å²) in [6.45, 7) is 3.77. The number of esters is 1. The first kappa shape index (κ1) is 15.9. The molecule has 1 saturated heterocycles. The molecular weight excluding hydrogens is 292 g/mol. The lowest BCUT2D eigenvalue weighted by atomic mass is 10.1. The summed E-state index contributed by atoms with van der Waals surface area (Å²) < 4.78 is 15.9. The van der Waals surface area contributed by atoms with E-state index >= 15 is 0 Å². The Labute approximate surface area is 128 Å². The van der Waals surface area contributed by atoms with Crippen LogP contribution in [0.15, 0.2) is 0 Å². The van der Waals surface area contributed by atoms with Gasteiger partial charge in [0.25, 0.3) is 0 Å². The van der Waals surface area contributed by atoms with E-state index in [9.17, 15) is 4.79 Å². The highest BCUT2D eigenvalue weighted by Gasteiger charge is 2.29. The maximum Gasteiger partial charge on any atom is 0.350 e. The number of hydrogen-bond donors (Lipinski definition) is 1. The molecule has 2 rings (SSSR count). The topological polar surface area (TPSA) is 74.0 Å². The second-order valence-corrected chi connectivity index (χ2v) is 5.85. The number of nitrogen functional groups attached to an aromatic ring is 1. The molecule has 1 aromatic rings. The number of piperidine rings is 1. The molecule has 1 unspecified atom stereocenters. The first-order chi connectivity index (χ1) is 10.1. The van der Waals surface area contributed by atoms with E-state index < -0.39 is 5.97 Å². The Hall–Kier alpha value is -1.47. The predicted molar refractivity (Wildman–Crippen MR) is 83.5 cm³/mol. The van der Waals surface area contributed by atoms with Crippen LogP contribution < -0.4 is 15.4 Å². The van der Waals surface area contributed by atoms with Crippen molar-refractivity contribution < 1.29 is 19.0 Å². The summed E-state index contributed by atoms with van der Waals surface area (Å²) in [5.74, 6) is 0.157. The second-order valence-electron chi connectivity index (χ2n) is 4.85. The van der Waals surface area contributed by atoms with E-state index in [4.69, 9.17) is 19.9 Å². The van der Waals surface area contributed by atoms with Crippen LogP contribution in [-0.2, 0) is 9.47 Å². The Kier molecular flexibility index (Phi) is 5.30. The van der Waals surface area contributed by atoms with Crippen molar-refractivity contribution in [2.24, 2.45) is 0 Å². The van der Waals surface area contributed by atoms with Crippen LogP contribution in [0.25, 0.3) is 0 Å². The van der Waals surface area contributed by atoms with Crippen LogP contribution in [0.3, 0.4) is 0 Å². The van der Waals surface area contributed by atoms with Crippen molar-refractivity contribution in [2.75, 3.05) is 44.5 Å². The number of anilines is 2. The Morgan fingerprint density at radius 2 is 2.24 bits per heavy atom. The third-order valence-corrected chi connectivity index (χ3v) is 4.77. The molecule has 0 radical (unpaired) electrons. The average molecular weight is 314 g/mol. The summed E-state index contributed by atoms with van der Waals surface area (Å²) in [5.41, 5.74) is 6.40. The van der Waals surface area contributed by atoms with E-state index in [1.807, 2.05) is 0 Å². The first-order valence-electron chi connectivity index (χ1n) is 7.03. The molecule has 6 nitrogen and oxygen atoms in total. The fourth-order valence-electron chi connectivity index (χ4n) is 2.49. The summed E-state index contributed by atoms with van der Waals surface area (Å²) in [6, 6.07) is 0. The van der Waals surface area contributed by atoms with Crippen LogP contribution in [0.5, 0.6) is 5.75 Å². The van der Waals surface area contributed by atoms with Crippen molar-refractivity contribution in [3.8, 4) is 5.75 Å². The molecule has 0 aliphatic carbocycles. The molecule has 1 aliphatic heterocycles. The number of nitrogens with zero attached hydrogens (tertiary/aromatic N) is 1. The summed E-state index contributed by atoms with van der Waals surface area (Å²) in [4.78, 5) is 14.5. The molecule has 1 fully saturated rings. The number of rotatable bonds is 5. The molecule has 0 amide bonds. The third kappa shape index (κ3) is 3.24. The molecule has 0 saturated carbocycles. The van der Waals surface area contributed by atoms with Crippen molar-refractivity contribution in [1.29, 1.82) is 0 Å². The normalized spacial score (nSPS) is 18.6.